The van der Waals surface area contributed by atoms with Crippen LogP contribution in [-0.4, -0.2) is 28.1 Å². The van der Waals surface area contributed by atoms with Crippen LogP contribution in [0.1, 0.15) is 33.0 Å². The molecule has 1 aliphatic heterocycles. The number of furan rings is 1. The van der Waals surface area contributed by atoms with E-state index in [0.717, 1.165) is 12.1 Å². The third-order valence-electron chi connectivity index (χ3n) is 5.02. The fourth-order valence-corrected chi connectivity index (χ4v) is 3.54. The summed E-state index contributed by atoms with van der Waals surface area (Å²) in [7, 11) is 0. The van der Waals surface area contributed by atoms with Crippen LogP contribution in [0.5, 0.6) is 0 Å². The van der Waals surface area contributed by atoms with Gasteiger partial charge in [0.05, 0.1) is 23.7 Å². The molecule has 7 nitrogen and oxygen atoms in total. The minimum absolute atomic E-state index is 0.162. The summed E-state index contributed by atoms with van der Waals surface area (Å²) in [6, 6.07) is 7.56. The Morgan fingerprint density at radius 3 is 2.82 bits per heavy atom. The van der Waals surface area contributed by atoms with Crippen molar-refractivity contribution >= 4 is 11.8 Å². The summed E-state index contributed by atoms with van der Waals surface area (Å²) in [6.45, 7) is 1.11. The van der Waals surface area contributed by atoms with Crippen molar-refractivity contribution < 1.29 is 18.4 Å². The van der Waals surface area contributed by atoms with Gasteiger partial charge in [-0.05, 0) is 42.5 Å². The molecule has 1 atom stereocenters. The normalized spacial score (nSPS) is 15.8. The monoisotopic (exact) mass is 382 g/mol. The van der Waals surface area contributed by atoms with Crippen LogP contribution in [0.25, 0.3) is 11.1 Å². The molecule has 0 fully saturated rings. The lowest BCUT2D eigenvalue weighted by Gasteiger charge is -2.24. The number of nitrogens with one attached hydrogen (secondary N) is 1. The van der Waals surface area contributed by atoms with Gasteiger partial charge in [0.25, 0.3) is 11.8 Å². The zero-order chi connectivity index (χ0) is 19.7. The van der Waals surface area contributed by atoms with E-state index in [2.05, 4.69) is 10.4 Å². The molecule has 0 saturated heterocycles. The van der Waals surface area contributed by atoms with Gasteiger partial charge < -0.3 is 15.5 Å². The van der Waals surface area contributed by atoms with Gasteiger partial charge in [0, 0.05) is 18.7 Å². The van der Waals surface area contributed by atoms with E-state index in [1.807, 2.05) is 0 Å². The molecule has 28 heavy (non-hydrogen) atoms. The predicted molar refractivity (Wildman–Crippen MR) is 99.0 cm³/mol. The number of hydrogen-bond donors (Lipinski definition) is 2. The Balaban J connectivity index is 1.43. The van der Waals surface area contributed by atoms with Crippen molar-refractivity contribution in [3.63, 3.8) is 0 Å². The summed E-state index contributed by atoms with van der Waals surface area (Å²) in [5, 5.41) is 7.08. The summed E-state index contributed by atoms with van der Waals surface area (Å²) >= 11 is 0. The summed E-state index contributed by atoms with van der Waals surface area (Å²) in [5.41, 5.74) is 7.95. The molecular weight excluding hydrogens is 363 g/mol. The van der Waals surface area contributed by atoms with Crippen LogP contribution < -0.4 is 11.1 Å². The molecule has 0 saturated carbocycles. The Kier molecular flexibility index (Phi) is 4.68. The van der Waals surface area contributed by atoms with Gasteiger partial charge in [-0.25, -0.2) is 4.39 Å². The van der Waals surface area contributed by atoms with E-state index < -0.39 is 5.91 Å². The average Bonchev–Trinajstić information content (AvgIpc) is 3.33. The maximum Gasteiger partial charge on any atom is 0.287 e. The predicted octanol–water partition coefficient (Wildman–Crippen LogP) is 2.37. The first kappa shape index (κ1) is 18.0. The highest BCUT2D eigenvalue weighted by molar-refractivity contribution is 5.98. The summed E-state index contributed by atoms with van der Waals surface area (Å²) in [5.74, 6) is -0.824. The fourth-order valence-electron chi connectivity index (χ4n) is 3.54. The second kappa shape index (κ2) is 7.30. The largest absolute Gasteiger partial charge is 0.459 e. The smallest absolute Gasteiger partial charge is 0.287 e. The average molecular weight is 382 g/mol. The van der Waals surface area contributed by atoms with Gasteiger partial charge in [-0.3, -0.25) is 14.3 Å². The minimum Gasteiger partial charge on any atom is -0.459 e. The topological polar surface area (TPSA) is 103 Å². The number of carbonyl (C=O) groups is 2. The van der Waals surface area contributed by atoms with E-state index in [1.165, 1.54) is 24.6 Å². The molecule has 1 aliphatic rings. The molecule has 3 heterocycles. The molecule has 0 spiro atoms. The van der Waals surface area contributed by atoms with Crippen LogP contribution in [0, 0.1) is 11.7 Å². The van der Waals surface area contributed by atoms with Crippen molar-refractivity contribution in [2.45, 2.75) is 19.4 Å². The number of nitrogens with zero attached hydrogens (tertiary/aromatic N) is 2. The van der Waals surface area contributed by atoms with Crippen molar-refractivity contribution in [2.24, 2.45) is 11.7 Å². The van der Waals surface area contributed by atoms with Gasteiger partial charge in [0.1, 0.15) is 5.82 Å². The number of aromatic nitrogens is 2. The number of hydrogen-bond acceptors (Lipinski definition) is 4. The van der Waals surface area contributed by atoms with Crippen molar-refractivity contribution in [3.8, 4) is 11.1 Å². The molecule has 1 aromatic carbocycles. The Morgan fingerprint density at radius 2 is 2.07 bits per heavy atom. The Hall–Kier alpha value is -3.42. The number of amides is 2. The fraction of sp³-hybridized carbons (Fsp3) is 0.250. The molecule has 0 radical (unpaired) electrons. The van der Waals surface area contributed by atoms with Crippen LogP contribution in [0.4, 0.5) is 4.39 Å². The molecule has 8 heteroatoms. The molecule has 3 aromatic rings. The zero-order valence-electron chi connectivity index (χ0n) is 15.0. The minimum atomic E-state index is -0.495. The first-order chi connectivity index (χ1) is 13.5. The van der Waals surface area contributed by atoms with Crippen molar-refractivity contribution in [1.29, 1.82) is 0 Å². The first-order valence-electron chi connectivity index (χ1n) is 8.99. The van der Waals surface area contributed by atoms with E-state index in [-0.39, 0.29) is 23.4 Å². The van der Waals surface area contributed by atoms with Gasteiger partial charge in [-0.1, -0.05) is 12.1 Å². The number of aryl methyl sites for hydroxylation is 1. The van der Waals surface area contributed by atoms with E-state index in [4.69, 9.17) is 10.2 Å². The Bertz CT molecular complexity index is 1020. The van der Waals surface area contributed by atoms with Gasteiger partial charge in [0.2, 0.25) is 0 Å². The SMILES string of the molecule is NC(=O)c1cnn2c1CC(CNC(=O)c1occc1-c1ccc(F)cc1)CC2. The van der Waals surface area contributed by atoms with Crippen LogP contribution in [0.15, 0.2) is 47.2 Å². The van der Waals surface area contributed by atoms with Crippen molar-refractivity contribution in [3.05, 3.63) is 65.6 Å². The van der Waals surface area contributed by atoms with Gasteiger partial charge in [-0.2, -0.15) is 5.10 Å². The molecule has 4 rings (SSSR count). The molecule has 144 valence electrons. The first-order valence-corrected chi connectivity index (χ1v) is 8.99. The zero-order valence-corrected chi connectivity index (χ0v) is 15.0. The molecular formula is C20H19FN4O3. The van der Waals surface area contributed by atoms with E-state index in [0.29, 0.717) is 36.2 Å². The summed E-state index contributed by atoms with van der Waals surface area (Å²) in [6.07, 6.45) is 4.38. The van der Waals surface area contributed by atoms with Crippen LogP contribution >= 0.6 is 0 Å². The van der Waals surface area contributed by atoms with Crippen molar-refractivity contribution in [1.82, 2.24) is 15.1 Å². The number of primary amides is 1. The lowest BCUT2D eigenvalue weighted by atomic mass is 9.94. The van der Waals surface area contributed by atoms with Gasteiger partial charge >= 0.3 is 0 Å². The molecule has 0 aliphatic carbocycles. The van der Waals surface area contributed by atoms with Gasteiger partial charge in [-0.15, -0.1) is 0 Å². The summed E-state index contributed by atoms with van der Waals surface area (Å²) in [4.78, 5) is 24.1. The second-order valence-electron chi connectivity index (χ2n) is 6.83. The van der Waals surface area contributed by atoms with Crippen LogP contribution in [0.3, 0.4) is 0 Å². The molecule has 1 unspecified atom stereocenters. The number of halogens is 1. The van der Waals surface area contributed by atoms with Gasteiger partial charge in [0.15, 0.2) is 5.76 Å². The molecule has 3 N–H and O–H groups in total. The number of carbonyl (C=O) groups excluding carboxylic acids is 2. The summed E-state index contributed by atoms with van der Waals surface area (Å²) < 4.78 is 20.3. The Labute approximate surface area is 160 Å². The number of rotatable bonds is 5. The van der Waals surface area contributed by atoms with Crippen LogP contribution in [-0.2, 0) is 13.0 Å². The molecule has 0 bridgehead atoms. The maximum absolute atomic E-state index is 13.1. The quantitative estimate of drug-likeness (QED) is 0.707. The van der Waals surface area contributed by atoms with Crippen LogP contribution in [0.2, 0.25) is 0 Å². The van der Waals surface area contributed by atoms with E-state index >= 15 is 0 Å². The Morgan fingerprint density at radius 1 is 1.29 bits per heavy atom. The van der Waals surface area contributed by atoms with E-state index in [9.17, 15) is 14.0 Å². The highest BCUT2D eigenvalue weighted by Gasteiger charge is 2.25. The number of fused-ring (bicyclic) bond motifs is 1. The lowest BCUT2D eigenvalue weighted by molar-refractivity contribution is 0.0916. The second-order valence-corrected chi connectivity index (χ2v) is 6.83. The molecule has 2 aromatic heterocycles. The number of benzene rings is 1. The highest BCUT2D eigenvalue weighted by Crippen LogP contribution is 2.26. The standard InChI is InChI=1S/C20H19FN4O3/c21-14-3-1-13(2-4-14)15-6-8-28-18(15)20(27)23-10-12-5-7-25-17(9-12)16(11-24-25)19(22)26/h1-4,6,8,11-12H,5,7,9-10H2,(H2,22,26)(H,23,27). The maximum atomic E-state index is 13.1. The third-order valence-corrected chi connectivity index (χ3v) is 5.02. The number of nitrogens with two attached hydrogens (primary N) is 1. The van der Waals surface area contributed by atoms with Crippen molar-refractivity contribution in [2.75, 3.05) is 6.54 Å². The highest BCUT2D eigenvalue weighted by atomic mass is 19.1. The third kappa shape index (κ3) is 3.40. The molecule has 2 amide bonds. The lowest BCUT2D eigenvalue weighted by Crippen LogP contribution is -2.34. The van der Waals surface area contributed by atoms with E-state index in [1.54, 1.807) is 22.9 Å².